The van der Waals surface area contributed by atoms with Crippen molar-refractivity contribution in [2.75, 3.05) is 13.7 Å². The molecule has 0 spiro atoms. The van der Waals surface area contributed by atoms with Crippen LogP contribution in [-0.2, 0) is 0 Å². The third-order valence-corrected chi connectivity index (χ3v) is 4.71. The highest BCUT2D eigenvalue weighted by atomic mass is 79.9. The molecule has 1 unspecified atom stereocenters. The van der Waals surface area contributed by atoms with Gasteiger partial charge in [-0.3, -0.25) is 0 Å². The van der Waals surface area contributed by atoms with Gasteiger partial charge < -0.3 is 10.1 Å². The minimum atomic E-state index is 0.475. The largest absolute Gasteiger partial charge is 0.497 e. The topological polar surface area (TPSA) is 21.3 Å². The van der Waals surface area contributed by atoms with E-state index in [9.17, 15) is 0 Å². The molecule has 0 heterocycles. The highest BCUT2D eigenvalue weighted by Crippen LogP contribution is 2.39. The maximum Gasteiger partial charge on any atom is 0.120 e. The van der Waals surface area contributed by atoms with E-state index in [0.29, 0.717) is 6.04 Å². The van der Waals surface area contributed by atoms with Gasteiger partial charge in [-0.25, -0.2) is 0 Å². The number of hydrogen-bond donors (Lipinski definition) is 1. The summed E-state index contributed by atoms with van der Waals surface area (Å²) in [5.74, 6) is 1.69. The Bertz CT molecular complexity index is 402. The summed E-state index contributed by atoms with van der Waals surface area (Å²) >= 11 is 3.71. The first-order chi connectivity index (χ1) is 9.26. The van der Waals surface area contributed by atoms with Gasteiger partial charge in [-0.2, -0.15) is 0 Å². The maximum atomic E-state index is 5.29. The average molecular weight is 326 g/mol. The molecule has 1 aliphatic rings. The van der Waals surface area contributed by atoms with Crippen LogP contribution < -0.4 is 10.1 Å². The fourth-order valence-electron chi connectivity index (χ4n) is 3.01. The molecule has 0 radical (unpaired) electrons. The molecular formula is C16H24BrNO. The van der Waals surface area contributed by atoms with Gasteiger partial charge in [-0.1, -0.05) is 41.8 Å². The van der Waals surface area contributed by atoms with Crippen molar-refractivity contribution < 1.29 is 4.74 Å². The second-order valence-electron chi connectivity index (χ2n) is 5.36. The number of halogens is 1. The van der Waals surface area contributed by atoms with E-state index in [4.69, 9.17) is 4.74 Å². The summed E-state index contributed by atoms with van der Waals surface area (Å²) in [6.07, 6.45) is 6.63. The number of hydrogen-bond acceptors (Lipinski definition) is 2. The van der Waals surface area contributed by atoms with Crippen molar-refractivity contribution in [2.24, 2.45) is 5.92 Å². The van der Waals surface area contributed by atoms with Crippen LogP contribution in [-0.4, -0.2) is 13.7 Å². The quantitative estimate of drug-likeness (QED) is 0.819. The lowest BCUT2D eigenvalue weighted by Crippen LogP contribution is -2.28. The van der Waals surface area contributed by atoms with Gasteiger partial charge in [0.25, 0.3) is 0 Å². The fourth-order valence-corrected chi connectivity index (χ4v) is 3.61. The molecule has 1 N–H and O–H groups in total. The lowest BCUT2D eigenvalue weighted by molar-refractivity contribution is 0.366. The molecule has 1 saturated carbocycles. The Morgan fingerprint density at radius 2 is 2.11 bits per heavy atom. The fraction of sp³-hybridized carbons (Fsp3) is 0.625. The molecule has 1 aromatic carbocycles. The Labute approximate surface area is 125 Å². The summed E-state index contributed by atoms with van der Waals surface area (Å²) in [5, 5.41) is 3.74. The van der Waals surface area contributed by atoms with Crippen LogP contribution in [0.4, 0.5) is 0 Å². The molecule has 19 heavy (non-hydrogen) atoms. The van der Waals surface area contributed by atoms with Crippen LogP contribution >= 0.6 is 15.9 Å². The van der Waals surface area contributed by atoms with E-state index in [1.807, 2.05) is 0 Å². The average Bonchev–Trinajstić information content (AvgIpc) is 2.94. The van der Waals surface area contributed by atoms with Gasteiger partial charge in [0.2, 0.25) is 0 Å². The van der Waals surface area contributed by atoms with Gasteiger partial charge in [0, 0.05) is 10.5 Å². The zero-order valence-electron chi connectivity index (χ0n) is 11.9. The molecule has 1 atom stereocenters. The van der Waals surface area contributed by atoms with Crippen molar-refractivity contribution in [3.8, 4) is 5.75 Å². The van der Waals surface area contributed by atoms with Gasteiger partial charge in [-0.15, -0.1) is 0 Å². The molecule has 106 valence electrons. The van der Waals surface area contributed by atoms with Gasteiger partial charge in [0.1, 0.15) is 5.75 Å². The molecule has 2 nitrogen and oxygen atoms in total. The second-order valence-corrected chi connectivity index (χ2v) is 6.22. The summed E-state index contributed by atoms with van der Waals surface area (Å²) in [5.41, 5.74) is 1.38. The maximum absolute atomic E-state index is 5.29. The van der Waals surface area contributed by atoms with Crippen molar-refractivity contribution in [2.45, 2.75) is 45.1 Å². The van der Waals surface area contributed by atoms with Crippen molar-refractivity contribution in [3.05, 3.63) is 28.2 Å². The minimum Gasteiger partial charge on any atom is -0.497 e. The second kappa shape index (κ2) is 7.30. The number of ether oxygens (including phenoxy) is 1. The summed E-state index contributed by atoms with van der Waals surface area (Å²) in [6.45, 7) is 3.31. The molecule has 1 aliphatic carbocycles. The minimum absolute atomic E-state index is 0.475. The Kier molecular flexibility index (Phi) is 5.71. The molecular weight excluding hydrogens is 302 g/mol. The van der Waals surface area contributed by atoms with Crippen LogP contribution in [0, 0.1) is 5.92 Å². The van der Waals surface area contributed by atoms with E-state index in [0.717, 1.165) is 22.7 Å². The Balaban J connectivity index is 2.20. The normalized spacial score (nSPS) is 17.6. The summed E-state index contributed by atoms with van der Waals surface area (Å²) in [7, 11) is 1.71. The van der Waals surface area contributed by atoms with E-state index >= 15 is 0 Å². The molecule has 0 saturated heterocycles. The Hall–Kier alpha value is -0.540. The molecule has 2 rings (SSSR count). The first kappa shape index (κ1) is 14.9. The first-order valence-electron chi connectivity index (χ1n) is 7.33. The van der Waals surface area contributed by atoms with Gasteiger partial charge in [-0.05, 0) is 49.4 Å². The van der Waals surface area contributed by atoms with Crippen molar-refractivity contribution in [3.63, 3.8) is 0 Å². The van der Waals surface area contributed by atoms with Crippen LogP contribution in [0.2, 0.25) is 0 Å². The lowest BCUT2D eigenvalue weighted by Gasteiger charge is -2.26. The third-order valence-electron chi connectivity index (χ3n) is 4.03. The van der Waals surface area contributed by atoms with Crippen LogP contribution in [0.5, 0.6) is 5.75 Å². The smallest absolute Gasteiger partial charge is 0.120 e. The molecule has 0 bridgehead atoms. The Morgan fingerprint density at radius 1 is 1.37 bits per heavy atom. The predicted molar refractivity (Wildman–Crippen MR) is 83.7 cm³/mol. The van der Waals surface area contributed by atoms with Gasteiger partial charge in [0.05, 0.1) is 7.11 Å². The molecule has 1 aromatic rings. The molecule has 0 aliphatic heterocycles. The highest BCUT2D eigenvalue weighted by molar-refractivity contribution is 9.10. The van der Waals surface area contributed by atoms with Gasteiger partial charge in [0.15, 0.2) is 0 Å². The number of nitrogens with one attached hydrogen (secondary N) is 1. The summed E-state index contributed by atoms with van der Waals surface area (Å²) < 4.78 is 6.45. The standard InChI is InChI=1S/C16H24BrNO/c1-3-10-18-16(12-6-4-5-7-12)14-9-8-13(19-2)11-15(14)17/h8-9,11-12,16,18H,3-7,10H2,1-2H3. The zero-order chi connectivity index (χ0) is 13.7. The van der Waals surface area contributed by atoms with Crippen LogP contribution in [0.3, 0.4) is 0 Å². The summed E-state index contributed by atoms with van der Waals surface area (Å²) in [4.78, 5) is 0. The van der Waals surface area contributed by atoms with E-state index in [1.165, 1.54) is 37.7 Å². The Morgan fingerprint density at radius 3 is 2.68 bits per heavy atom. The highest BCUT2D eigenvalue weighted by Gasteiger charge is 2.27. The monoisotopic (exact) mass is 325 g/mol. The SMILES string of the molecule is CCCNC(c1ccc(OC)cc1Br)C1CCCC1. The first-order valence-corrected chi connectivity index (χ1v) is 8.12. The zero-order valence-corrected chi connectivity index (χ0v) is 13.5. The number of rotatable bonds is 6. The van der Waals surface area contributed by atoms with Crippen LogP contribution in [0.15, 0.2) is 22.7 Å². The van der Waals surface area contributed by atoms with E-state index < -0.39 is 0 Å². The molecule has 0 amide bonds. The summed E-state index contributed by atoms with van der Waals surface area (Å²) in [6, 6.07) is 6.82. The van der Waals surface area contributed by atoms with Crippen molar-refractivity contribution in [1.82, 2.24) is 5.32 Å². The van der Waals surface area contributed by atoms with Crippen molar-refractivity contribution >= 4 is 15.9 Å². The number of benzene rings is 1. The lowest BCUT2D eigenvalue weighted by atomic mass is 9.91. The molecule has 0 aromatic heterocycles. The van der Waals surface area contributed by atoms with Gasteiger partial charge >= 0.3 is 0 Å². The van der Waals surface area contributed by atoms with Crippen molar-refractivity contribution in [1.29, 1.82) is 0 Å². The van der Waals surface area contributed by atoms with Crippen LogP contribution in [0.1, 0.15) is 50.6 Å². The molecule has 1 fully saturated rings. The van der Waals surface area contributed by atoms with Crippen LogP contribution in [0.25, 0.3) is 0 Å². The predicted octanol–water partition coefficient (Wildman–Crippen LogP) is 4.69. The molecule has 3 heteroatoms. The van der Waals surface area contributed by atoms with E-state index in [2.05, 4.69) is 46.4 Å². The van der Waals surface area contributed by atoms with E-state index in [1.54, 1.807) is 7.11 Å². The van der Waals surface area contributed by atoms with E-state index in [-0.39, 0.29) is 0 Å². The number of methoxy groups -OCH3 is 1. The third kappa shape index (κ3) is 3.73.